The van der Waals surface area contributed by atoms with E-state index in [1.807, 2.05) is 4.68 Å². The van der Waals surface area contributed by atoms with Crippen molar-refractivity contribution in [2.75, 3.05) is 0 Å². The molecule has 5 heteroatoms. The van der Waals surface area contributed by atoms with E-state index in [2.05, 4.69) is 49.1 Å². The molecule has 2 aromatic heterocycles. The first-order valence-electron chi connectivity index (χ1n) is 7.85. The van der Waals surface area contributed by atoms with Crippen LogP contribution in [0.2, 0.25) is 0 Å². The molecule has 2 rings (SSSR count). The van der Waals surface area contributed by atoms with Gasteiger partial charge in [0.15, 0.2) is 5.82 Å². The van der Waals surface area contributed by atoms with Crippen molar-refractivity contribution < 1.29 is 0 Å². The third kappa shape index (κ3) is 2.83. The third-order valence-electron chi connectivity index (χ3n) is 3.90. The van der Waals surface area contributed by atoms with Crippen LogP contribution in [0.25, 0.3) is 5.82 Å². The highest BCUT2D eigenvalue weighted by Gasteiger charge is 2.17. The Kier molecular flexibility index (Phi) is 5.07. The van der Waals surface area contributed by atoms with Crippen molar-refractivity contribution in [2.24, 2.45) is 5.73 Å². The van der Waals surface area contributed by atoms with Crippen molar-refractivity contribution in [1.29, 1.82) is 0 Å². The van der Waals surface area contributed by atoms with Crippen LogP contribution in [0.15, 0.2) is 6.07 Å². The molecule has 0 aliphatic rings. The second-order valence-corrected chi connectivity index (χ2v) is 5.08. The summed E-state index contributed by atoms with van der Waals surface area (Å²) in [5.41, 5.74) is 11.6. The summed E-state index contributed by atoms with van der Waals surface area (Å²) in [4.78, 5) is 0. The van der Waals surface area contributed by atoms with E-state index in [9.17, 15) is 0 Å². The van der Waals surface area contributed by atoms with Gasteiger partial charge in [-0.15, -0.1) is 5.10 Å². The molecular formula is C16H25N5. The van der Waals surface area contributed by atoms with Crippen LogP contribution in [0.4, 0.5) is 0 Å². The van der Waals surface area contributed by atoms with E-state index in [1.54, 1.807) is 0 Å². The average Bonchev–Trinajstić information content (AvgIpc) is 2.96. The molecular weight excluding hydrogens is 262 g/mol. The van der Waals surface area contributed by atoms with Crippen LogP contribution < -0.4 is 5.73 Å². The third-order valence-corrected chi connectivity index (χ3v) is 3.90. The number of aryl methyl sites for hydroxylation is 3. The zero-order valence-corrected chi connectivity index (χ0v) is 13.5. The van der Waals surface area contributed by atoms with E-state index in [4.69, 9.17) is 5.73 Å². The van der Waals surface area contributed by atoms with Crippen LogP contribution in [0.3, 0.4) is 0 Å². The highest BCUT2D eigenvalue weighted by molar-refractivity contribution is 5.42. The topological polar surface area (TPSA) is 69.6 Å². The standard InChI is InChI=1S/C16H25N5/c1-5-11-9-12(6-2)21(20-11)16-14(10-17)13(7-3)15(8-4)18-19-16/h9H,5-8,10,17H2,1-4H3. The largest absolute Gasteiger partial charge is 0.326 e. The lowest BCUT2D eigenvalue weighted by molar-refractivity contribution is 0.720. The second kappa shape index (κ2) is 6.80. The van der Waals surface area contributed by atoms with Crippen LogP contribution in [-0.2, 0) is 32.2 Å². The van der Waals surface area contributed by atoms with E-state index in [1.165, 1.54) is 5.56 Å². The molecule has 21 heavy (non-hydrogen) atoms. The van der Waals surface area contributed by atoms with Gasteiger partial charge in [0.2, 0.25) is 0 Å². The van der Waals surface area contributed by atoms with Crippen molar-refractivity contribution in [3.8, 4) is 5.82 Å². The van der Waals surface area contributed by atoms with Crippen LogP contribution >= 0.6 is 0 Å². The molecule has 0 saturated heterocycles. The molecule has 0 radical (unpaired) electrons. The smallest absolute Gasteiger partial charge is 0.180 e. The lowest BCUT2D eigenvalue weighted by atomic mass is 10.0. The van der Waals surface area contributed by atoms with Gasteiger partial charge in [-0.25, -0.2) is 4.68 Å². The van der Waals surface area contributed by atoms with E-state index in [0.717, 1.165) is 54.1 Å². The first-order chi connectivity index (χ1) is 10.2. The van der Waals surface area contributed by atoms with Gasteiger partial charge < -0.3 is 5.73 Å². The molecule has 0 amide bonds. The average molecular weight is 287 g/mol. The molecule has 5 nitrogen and oxygen atoms in total. The zero-order valence-electron chi connectivity index (χ0n) is 13.5. The molecule has 0 saturated carbocycles. The Morgan fingerprint density at radius 2 is 1.71 bits per heavy atom. The number of nitrogens with zero attached hydrogens (tertiary/aromatic N) is 4. The summed E-state index contributed by atoms with van der Waals surface area (Å²) in [6, 6.07) is 2.14. The first-order valence-corrected chi connectivity index (χ1v) is 7.85. The van der Waals surface area contributed by atoms with Gasteiger partial charge in [0.25, 0.3) is 0 Å². The lowest BCUT2D eigenvalue weighted by Gasteiger charge is -2.15. The van der Waals surface area contributed by atoms with Gasteiger partial charge in [0.1, 0.15) is 0 Å². The van der Waals surface area contributed by atoms with Crippen molar-refractivity contribution in [3.63, 3.8) is 0 Å². The molecule has 2 heterocycles. The van der Waals surface area contributed by atoms with E-state index in [-0.39, 0.29) is 0 Å². The Bertz CT molecular complexity index is 615. The summed E-state index contributed by atoms with van der Waals surface area (Å²) < 4.78 is 1.92. The fourth-order valence-electron chi connectivity index (χ4n) is 2.71. The molecule has 0 spiro atoms. The van der Waals surface area contributed by atoms with Gasteiger partial charge in [-0.1, -0.05) is 27.7 Å². The molecule has 0 bridgehead atoms. The molecule has 0 aliphatic carbocycles. The van der Waals surface area contributed by atoms with Crippen molar-refractivity contribution in [3.05, 3.63) is 34.3 Å². The SMILES string of the molecule is CCc1cc(CC)n(-c2nnc(CC)c(CC)c2CN)n1. The van der Waals surface area contributed by atoms with Gasteiger partial charge >= 0.3 is 0 Å². The summed E-state index contributed by atoms with van der Waals surface area (Å²) in [6.07, 6.45) is 3.62. The van der Waals surface area contributed by atoms with Gasteiger partial charge in [0, 0.05) is 17.8 Å². The first kappa shape index (κ1) is 15.6. The Hall–Kier alpha value is -1.75. The van der Waals surface area contributed by atoms with Crippen LogP contribution in [-0.4, -0.2) is 20.0 Å². The van der Waals surface area contributed by atoms with E-state index < -0.39 is 0 Å². The normalized spacial score (nSPS) is 11.1. The van der Waals surface area contributed by atoms with Crippen molar-refractivity contribution >= 4 is 0 Å². The summed E-state index contributed by atoms with van der Waals surface area (Å²) in [5, 5.41) is 13.5. The Morgan fingerprint density at radius 3 is 2.24 bits per heavy atom. The van der Waals surface area contributed by atoms with Crippen LogP contribution in [0.5, 0.6) is 0 Å². The monoisotopic (exact) mass is 287 g/mol. The maximum atomic E-state index is 6.01. The van der Waals surface area contributed by atoms with E-state index in [0.29, 0.717) is 6.54 Å². The summed E-state index contributed by atoms with van der Waals surface area (Å²) in [6.45, 7) is 8.94. The minimum Gasteiger partial charge on any atom is -0.326 e. The fourth-order valence-corrected chi connectivity index (χ4v) is 2.71. The highest BCUT2D eigenvalue weighted by atomic mass is 15.4. The Balaban J connectivity index is 2.66. The maximum absolute atomic E-state index is 6.01. The summed E-state index contributed by atoms with van der Waals surface area (Å²) in [7, 11) is 0. The number of rotatable bonds is 6. The Morgan fingerprint density at radius 1 is 0.952 bits per heavy atom. The maximum Gasteiger partial charge on any atom is 0.180 e. The molecule has 0 aromatic carbocycles. The molecule has 0 aliphatic heterocycles. The fraction of sp³-hybridized carbons (Fsp3) is 0.562. The Labute approximate surface area is 126 Å². The van der Waals surface area contributed by atoms with Crippen molar-refractivity contribution in [2.45, 2.75) is 59.9 Å². The summed E-state index contributed by atoms with van der Waals surface area (Å²) in [5.74, 6) is 0.795. The molecule has 2 N–H and O–H groups in total. The molecule has 0 fully saturated rings. The number of hydrogen-bond acceptors (Lipinski definition) is 4. The summed E-state index contributed by atoms with van der Waals surface area (Å²) >= 11 is 0. The van der Waals surface area contributed by atoms with Gasteiger partial charge in [-0.3, -0.25) is 0 Å². The second-order valence-electron chi connectivity index (χ2n) is 5.08. The minimum absolute atomic E-state index is 0.464. The highest BCUT2D eigenvalue weighted by Crippen LogP contribution is 2.21. The van der Waals surface area contributed by atoms with Crippen LogP contribution in [0, 0.1) is 0 Å². The van der Waals surface area contributed by atoms with Crippen LogP contribution in [0.1, 0.15) is 55.9 Å². The molecule has 114 valence electrons. The lowest BCUT2D eigenvalue weighted by Crippen LogP contribution is -2.16. The molecule has 0 unspecified atom stereocenters. The molecule has 0 atom stereocenters. The van der Waals surface area contributed by atoms with Gasteiger partial charge in [-0.2, -0.15) is 10.2 Å². The van der Waals surface area contributed by atoms with Gasteiger partial charge in [0.05, 0.1) is 11.4 Å². The predicted octanol–water partition coefficient (Wildman–Crippen LogP) is 2.37. The van der Waals surface area contributed by atoms with E-state index >= 15 is 0 Å². The number of nitrogens with two attached hydrogens (primary N) is 1. The minimum atomic E-state index is 0.464. The quantitative estimate of drug-likeness (QED) is 0.885. The number of hydrogen-bond donors (Lipinski definition) is 1. The predicted molar refractivity (Wildman–Crippen MR) is 84.6 cm³/mol. The molecule has 2 aromatic rings. The zero-order chi connectivity index (χ0) is 15.4. The van der Waals surface area contributed by atoms with Crippen molar-refractivity contribution in [1.82, 2.24) is 20.0 Å². The van der Waals surface area contributed by atoms with Gasteiger partial charge in [-0.05, 0) is 37.3 Å². The number of aromatic nitrogens is 4.